The van der Waals surface area contributed by atoms with Gasteiger partial charge in [-0.2, -0.15) is 0 Å². The van der Waals surface area contributed by atoms with Gasteiger partial charge in [0.25, 0.3) is 0 Å². The molecule has 0 aliphatic carbocycles. The van der Waals surface area contributed by atoms with E-state index in [0.717, 1.165) is 24.5 Å². The molecule has 0 unspecified atom stereocenters. The van der Waals surface area contributed by atoms with Crippen molar-refractivity contribution in [3.63, 3.8) is 0 Å². The van der Waals surface area contributed by atoms with Crippen LogP contribution < -0.4 is 9.64 Å². The molecule has 0 spiro atoms. The summed E-state index contributed by atoms with van der Waals surface area (Å²) in [6.07, 6.45) is -0.237. The van der Waals surface area contributed by atoms with E-state index in [4.69, 9.17) is 18.9 Å². The smallest absolute Gasteiger partial charge is 0.410 e. The van der Waals surface area contributed by atoms with Crippen molar-refractivity contribution in [2.45, 2.75) is 26.4 Å². The predicted octanol–water partition coefficient (Wildman–Crippen LogP) is 2.79. The van der Waals surface area contributed by atoms with E-state index in [9.17, 15) is 4.79 Å². The molecular formula is C20H32N2O5. The van der Waals surface area contributed by atoms with E-state index in [0.29, 0.717) is 39.5 Å². The number of amides is 1. The zero-order chi connectivity index (χ0) is 19.7. The van der Waals surface area contributed by atoms with E-state index in [1.807, 2.05) is 45.0 Å². The Bertz CT molecular complexity index is 563. The lowest BCUT2D eigenvalue weighted by Crippen LogP contribution is -2.50. The van der Waals surface area contributed by atoms with Crippen LogP contribution >= 0.6 is 0 Å². The molecule has 1 aliphatic rings. The minimum absolute atomic E-state index is 0.237. The highest BCUT2D eigenvalue weighted by Gasteiger charge is 2.25. The Balaban J connectivity index is 1.72. The van der Waals surface area contributed by atoms with E-state index >= 15 is 0 Å². The lowest BCUT2D eigenvalue weighted by atomic mass is 10.2. The first-order chi connectivity index (χ1) is 12.9. The maximum Gasteiger partial charge on any atom is 0.410 e. The molecule has 1 amide bonds. The van der Waals surface area contributed by atoms with Crippen LogP contribution in [0.25, 0.3) is 0 Å². The highest BCUT2D eigenvalue weighted by Crippen LogP contribution is 2.21. The molecule has 0 bridgehead atoms. The van der Waals surface area contributed by atoms with Gasteiger partial charge in [0.1, 0.15) is 18.0 Å². The van der Waals surface area contributed by atoms with E-state index in [-0.39, 0.29) is 6.09 Å². The maximum atomic E-state index is 12.1. The molecule has 1 aromatic carbocycles. The molecule has 152 valence electrons. The Kier molecular flexibility index (Phi) is 8.19. The molecule has 1 aromatic rings. The fourth-order valence-corrected chi connectivity index (χ4v) is 2.69. The number of piperazine rings is 1. The Morgan fingerprint density at radius 3 is 2.19 bits per heavy atom. The van der Waals surface area contributed by atoms with Crippen molar-refractivity contribution in [1.29, 1.82) is 0 Å². The number of methoxy groups -OCH3 is 1. The third-order valence-corrected chi connectivity index (χ3v) is 4.06. The van der Waals surface area contributed by atoms with E-state index in [1.165, 1.54) is 0 Å². The molecule has 0 saturated carbocycles. The summed E-state index contributed by atoms with van der Waals surface area (Å²) in [6.45, 7) is 10.8. The Hall–Kier alpha value is -1.99. The zero-order valence-corrected chi connectivity index (χ0v) is 16.9. The third kappa shape index (κ3) is 7.64. The molecular weight excluding hydrogens is 348 g/mol. The molecule has 0 atom stereocenters. The molecule has 1 heterocycles. The van der Waals surface area contributed by atoms with Crippen LogP contribution in [-0.4, -0.2) is 76.3 Å². The average Bonchev–Trinajstić information content (AvgIpc) is 2.64. The van der Waals surface area contributed by atoms with Gasteiger partial charge in [0, 0.05) is 39.0 Å². The van der Waals surface area contributed by atoms with Gasteiger partial charge in [0.2, 0.25) is 0 Å². The van der Waals surface area contributed by atoms with Gasteiger partial charge in [-0.1, -0.05) is 0 Å². The minimum atomic E-state index is -0.459. The van der Waals surface area contributed by atoms with Gasteiger partial charge in [-0.05, 0) is 45.0 Å². The van der Waals surface area contributed by atoms with Gasteiger partial charge in [-0.25, -0.2) is 4.79 Å². The van der Waals surface area contributed by atoms with Crippen molar-refractivity contribution in [1.82, 2.24) is 4.90 Å². The number of benzene rings is 1. The molecule has 0 N–H and O–H groups in total. The van der Waals surface area contributed by atoms with Crippen LogP contribution in [0.3, 0.4) is 0 Å². The quantitative estimate of drug-likeness (QED) is 0.647. The molecule has 27 heavy (non-hydrogen) atoms. The van der Waals surface area contributed by atoms with Crippen molar-refractivity contribution in [3.8, 4) is 5.75 Å². The standard InChI is InChI=1S/C20H32N2O5/c1-20(2,3)27-19(23)22-11-9-21(10-12-22)17-5-7-18(8-6-17)26-16-15-25-14-13-24-4/h5-8H,9-16H2,1-4H3. The molecule has 0 aromatic heterocycles. The monoisotopic (exact) mass is 380 g/mol. The van der Waals surface area contributed by atoms with Gasteiger partial charge in [-0.15, -0.1) is 0 Å². The van der Waals surface area contributed by atoms with Crippen molar-refractivity contribution in [3.05, 3.63) is 24.3 Å². The predicted molar refractivity (Wildman–Crippen MR) is 105 cm³/mol. The molecule has 1 fully saturated rings. The second kappa shape index (κ2) is 10.4. The summed E-state index contributed by atoms with van der Waals surface area (Å²) in [4.78, 5) is 16.2. The molecule has 0 radical (unpaired) electrons. The average molecular weight is 380 g/mol. The molecule has 7 heteroatoms. The van der Waals surface area contributed by atoms with Crippen LogP contribution in [-0.2, 0) is 14.2 Å². The number of carbonyl (C=O) groups is 1. The number of carbonyl (C=O) groups excluding carboxylic acids is 1. The van der Waals surface area contributed by atoms with Crippen molar-refractivity contribution in [2.24, 2.45) is 0 Å². The van der Waals surface area contributed by atoms with Crippen molar-refractivity contribution < 1.29 is 23.7 Å². The third-order valence-electron chi connectivity index (χ3n) is 4.06. The summed E-state index contributed by atoms with van der Waals surface area (Å²) in [5.41, 5.74) is 0.668. The first-order valence-corrected chi connectivity index (χ1v) is 9.41. The van der Waals surface area contributed by atoms with E-state index in [1.54, 1.807) is 12.0 Å². The lowest BCUT2D eigenvalue weighted by molar-refractivity contribution is 0.0240. The van der Waals surface area contributed by atoms with Crippen LogP contribution in [0.4, 0.5) is 10.5 Å². The van der Waals surface area contributed by atoms with Crippen LogP contribution in [0.15, 0.2) is 24.3 Å². The number of hydrogen-bond donors (Lipinski definition) is 0. The van der Waals surface area contributed by atoms with Gasteiger partial charge >= 0.3 is 6.09 Å². The minimum Gasteiger partial charge on any atom is -0.491 e. The number of ether oxygens (including phenoxy) is 4. The normalized spacial score (nSPS) is 15.0. The van der Waals surface area contributed by atoms with Crippen LogP contribution in [0.2, 0.25) is 0 Å². The fraction of sp³-hybridized carbons (Fsp3) is 0.650. The van der Waals surface area contributed by atoms with E-state index in [2.05, 4.69) is 4.90 Å². The number of nitrogens with zero attached hydrogens (tertiary/aromatic N) is 2. The van der Waals surface area contributed by atoms with Gasteiger partial charge in [-0.3, -0.25) is 0 Å². The lowest BCUT2D eigenvalue weighted by Gasteiger charge is -2.36. The van der Waals surface area contributed by atoms with Gasteiger partial charge in [0.05, 0.1) is 19.8 Å². The SMILES string of the molecule is COCCOCCOc1ccc(N2CCN(C(=O)OC(C)(C)C)CC2)cc1. The van der Waals surface area contributed by atoms with Crippen LogP contribution in [0.1, 0.15) is 20.8 Å². The highest BCUT2D eigenvalue weighted by molar-refractivity contribution is 5.68. The summed E-state index contributed by atoms with van der Waals surface area (Å²) in [5.74, 6) is 0.821. The summed E-state index contributed by atoms with van der Waals surface area (Å²) in [5, 5.41) is 0. The zero-order valence-electron chi connectivity index (χ0n) is 16.9. The Labute approximate surface area is 162 Å². The summed E-state index contributed by atoms with van der Waals surface area (Å²) >= 11 is 0. The van der Waals surface area contributed by atoms with Crippen molar-refractivity contribution >= 4 is 11.8 Å². The number of rotatable bonds is 8. The van der Waals surface area contributed by atoms with Crippen LogP contribution in [0, 0.1) is 0 Å². The van der Waals surface area contributed by atoms with Crippen molar-refractivity contribution in [2.75, 3.05) is 64.6 Å². The topological polar surface area (TPSA) is 60.5 Å². The Morgan fingerprint density at radius 1 is 0.963 bits per heavy atom. The van der Waals surface area contributed by atoms with E-state index < -0.39 is 5.60 Å². The summed E-state index contributed by atoms with van der Waals surface area (Å²) < 4.78 is 21.4. The van der Waals surface area contributed by atoms with Gasteiger partial charge < -0.3 is 28.7 Å². The first kappa shape index (κ1) is 21.3. The maximum absolute atomic E-state index is 12.1. The Morgan fingerprint density at radius 2 is 1.59 bits per heavy atom. The first-order valence-electron chi connectivity index (χ1n) is 9.41. The molecule has 2 rings (SSSR count). The van der Waals surface area contributed by atoms with Crippen LogP contribution in [0.5, 0.6) is 5.75 Å². The molecule has 1 aliphatic heterocycles. The number of anilines is 1. The second-order valence-electron chi connectivity index (χ2n) is 7.40. The summed E-state index contributed by atoms with van der Waals surface area (Å²) in [6, 6.07) is 8.02. The fourth-order valence-electron chi connectivity index (χ4n) is 2.69. The molecule has 7 nitrogen and oxygen atoms in total. The second-order valence-corrected chi connectivity index (χ2v) is 7.40. The highest BCUT2D eigenvalue weighted by atomic mass is 16.6. The van der Waals surface area contributed by atoms with Gasteiger partial charge in [0.15, 0.2) is 0 Å². The summed E-state index contributed by atoms with van der Waals surface area (Å²) in [7, 11) is 1.65. The number of hydrogen-bond acceptors (Lipinski definition) is 6. The largest absolute Gasteiger partial charge is 0.491 e. The molecule has 1 saturated heterocycles.